The Morgan fingerprint density at radius 2 is 1.58 bits per heavy atom. The molecule has 4 rings (SSSR count). The van der Waals surface area contributed by atoms with E-state index in [2.05, 4.69) is 10.3 Å². The van der Waals surface area contributed by atoms with Gasteiger partial charge in [-0.2, -0.15) is 0 Å². The largest absolute Gasteiger partial charge is 0.349 e. The Morgan fingerprint density at radius 3 is 2.21 bits per heavy atom. The quantitative estimate of drug-likeness (QED) is 0.440. The van der Waals surface area contributed by atoms with Gasteiger partial charge in [0.1, 0.15) is 11.3 Å². The number of H-pyrrole nitrogens is 1. The Balaban J connectivity index is 1.67. The fraction of sp³-hybridized carbons (Fsp3) is 0.240. The number of hydrogen-bond donors (Lipinski definition) is 2. The number of aromatic amines is 1. The zero-order chi connectivity index (χ0) is 23.5. The summed E-state index contributed by atoms with van der Waals surface area (Å²) in [6.07, 6.45) is 1.44. The number of nitrogens with one attached hydrogen (secondary N) is 2. The van der Waals surface area contributed by atoms with Crippen molar-refractivity contribution >= 4 is 22.6 Å². The zero-order valence-corrected chi connectivity index (χ0v) is 18.5. The van der Waals surface area contributed by atoms with Gasteiger partial charge in [-0.3, -0.25) is 18.7 Å². The molecule has 0 aliphatic heterocycles. The first-order valence-electron chi connectivity index (χ1n) is 11.0. The summed E-state index contributed by atoms with van der Waals surface area (Å²) in [4.78, 5) is 41.4. The van der Waals surface area contributed by atoms with Crippen molar-refractivity contribution in [3.63, 3.8) is 0 Å². The van der Waals surface area contributed by atoms with E-state index in [0.717, 1.165) is 12.0 Å². The van der Waals surface area contributed by atoms with Crippen LogP contribution in [0.4, 0.5) is 10.1 Å². The van der Waals surface area contributed by atoms with Crippen LogP contribution in [0.15, 0.2) is 64.2 Å². The molecule has 0 fully saturated rings. The third-order valence-corrected chi connectivity index (χ3v) is 5.46. The topological polar surface area (TPSA) is 88.9 Å². The molecule has 33 heavy (non-hydrogen) atoms. The minimum absolute atomic E-state index is 0.297. The van der Waals surface area contributed by atoms with Gasteiger partial charge in [0.05, 0.1) is 5.52 Å². The number of halogens is 1. The summed E-state index contributed by atoms with van der Waals surface area (Å²) >= 11 is 0. The smallest absolute Gasteiger partial charge is 0.331 e. The van der Waals surface area contributed by atoms with Crippen LogP contribution in [0.5, 0.6) is 0 Å². The molecule has 0 radical (unpaired) electrons. The summed E-state index contributed by atoms with van der Waals surface area (Å²) in [6, 6.07) is 14.2. The van der Waals surface area contributed by atoms with Crippen molar-refractivity contribution in [2.24, 2.45) is 0 Å². The van der Waals surface area contributed by atoms with E-state index < -0.39 is 0 Å². The molecule has 2 N–H and O–H groups in total. The van der Waals surface area contributed by atoms with Gasteiger partial charge < -0.3 is 10.3 Å². The van der Waals surface area contributed by atoms with E-state index in [9.17, 15) is 18.8 Å². The van der Waals surface area contributed by atoms with Gasteiger partial charge in [0.15, 0.2) is 0 Å². The van der Waals surface area contributed by atoms with Crippen molar-refractivity contribution < 1.29 is 9.18 Å². The Labute approximate surface area is 189 Å². The predicted molar refractivity (Wildman–Crippen MR) is 127 cm³/mol. The summed E-state index contributed by atoms with van der Waals surface area (Å²) < 4.78 is 16.0. The van der Waals surface area contributed by atoms with E-state index in [1.807, 2.05) is 13.8 Å². The van der Waals surface area contributed by atoms with Crippen molar-refractivity contribution in [3.8, 4) is 11.3 Å². The molecule has 2 aromatic carbocycles. The van der Waals surface area contributed by atoms with Crippen LogP contribution >= 0.6 is 0 Å². The molecule has 2 aromatic heterocycles. The van der Waals surface area contributed by atoms with E-state index in [1.165, 1.54) is 28.8 Å². The molecule has 7 nitrogen and oxygen atoms in total. The van der Waals surface area contributed by atoms with Crippen LogP contribution in [0.1, 0.15) is 37.0 Å². The molecule has 0 aliphatic rings. The first kappa shape index (κ1) is 22.3. The molecule has 2 heterocycles. The summed E-state index contributed by atoms with van der Waals surface area (Å²) in [7, 11) is 0. The van der Waals surface area contributed by atoms with E-state index in [-0.39, 0.29) is 23.0 Å². The lowest BCUT2D eigenvalue weighted by Crippen LogP contribution is -2.39. The van der Waals surface area contributed by atoms with Crippen LogP contribution in [0.3, 0.4) is 0 Å². The van der Waals surface area contributed by atoms with Crippen LogP contribution in [-0.4, -0.2) is 20.0 Å². The number of carbonyl (C=O) groups excluding carboxylic acids is 1. The molecule has 0 saturated carbocycles. The first-order valence-corrected chi connectivity index (χ1v) is 11.0. The number of carbonyl (C=O) groups is 1. The molecule has 0 bridgehead atoms. The molecular formula is C25H25FN4O3. The van der Waals surface area contributed by atoms with E-state index in [4.69, 9.17) is 0 Å². The summed E-state index contributed by atoms with van der Waals surface area (Å²) in [6.45, 7) is 4.79. The highest BCUT2D eigenvalue weighted by Crippen LogP contribution is 2.23. The predicted octanol–water partition coefficient (Wildman–Crippen LogP) is 4.37. The van der Waals surface area contributed by atoms with Crippen LogP contribution in [0.2, 0.25) is 0 Å². The minimum Gasteiger partial charge on any atom is -0.349 e. The number of anilines is 1. The van der Waals surface area contributed by atoms with Crippen molar-refractivity contribution in [2.75, 3.05) is 5.32 Å². The van der Waals surface area contributed by atoms with Crippen molar-refractivity contribution in [2.45, 2.75) is 39.8 Å². The van der Waals surface area contributed by atoms with Gasteiger partial charge in [-0.25, -0.2) is 9.18 Å². The zero-order valence-electron chi connectivity index (χ0n) is 18.5. The molecular weight excluding hydrogens is 423 g/mol. The second kappa shape index (κ2) is 9.28. The number of aromatic nitrogens is 3. The SMILES string of the molecule is CCCn1c(=O)c2[nH]c(-c3ccc(C(=O)Nc4ccc(F)cc4)cc3)cc2n(CCC)c1=O. The lowest BCUT2D eigenvalue weighted by molar-refractivity contribution is 0.102. The highest BCUT2D eigenvalue weighted by molar-refractivity contribution is 6.04. The second-order valence-corrected chi connectivity index (χ2v) is 7.87. The monoisotopic (exact) mass is 448 g/mol. The standard InChI is InChI=1S/C25H25FN4O3/c1-3-13-29-21-15-20(28-22(21)24(32)30(14-4-2)25(29)33)16-5-7-17(8-6-16)23(31)27-19-11-9-18(26)10-12-19/h5-12,15,28H,3-4,13-14H2,1-2H3,(H,27,31). The van der Waals surface area contributed by atoms with Crippen LogP contribution in [-0.2, 0) is 13.1 Å². The van der Waals surface area contributed by atoms with E-state index in [0.29, 0.717) is 47.5 Å². The van der Waals surface area contributed by atoms with Gasteiger partial charge in [0.2, 0.25) is 0 Å². The van der Waals surface area contributed by atoms with Gasteiger partial charge in [0.25, 0.3) is 11.5 Å². The third-order valence-electron chi connectivity index (χ3n) is 5.46. The number of amides is 1. The van der Waals surface area contributed by atoms with Crippen molar-refractivity contribution in [3.05, 3.63) is 86.8 Å². The van der Waals surface area contributed by atoms with Gasteiger partial charge >= 0.3 is 5.69 Å². The molecule has 0 spiro atoms. The molecule has 170 valence electrons. The molecule has 0 saturated heterocycles. The van der Waals surface area contributed by atoms with Crippen LogP contribution in [0.25, 0.3) is 22.3 Å². The van der Waals surface area contributed by atoms with Gasteiger partial charge in [-0.05, 0) is 60.9 Å². The third kappa shape index (κ3) is 4.37. The number of fused-ring (bicyclic) bond motifs is 1. The molecule has 4 aromatic rings. The molecule has 8 heteroatoms. The second-order valence-electron chi connectivity index (χ2n) is 7.87. The Bertz CT molecular complexity index is 1410. The number of aryl methyl sites for hydroxylation is 1. The lowest BCUT2D eigenvalue weighted by Gasteiger charge is -2.10. The van der Waals surface area contributed by atoms with Crippen molar-refractivity contribution in [1.29, 1.82) is 0 Å². The van der Waals surface area contributed by atoms with Gasteiger partial charge in [0, 0.05) is 30.0 Å². The maximum absolute atomic E-state index is 13.0. The minimum atomic E-state index is -0.374. The summed E-state index contributed by atoms with van der Waals surface area (Å²) in [5, 5.41) is 2.72. The number of hydrogen-bond acceptors (Lipinski definition) is 3. The van der Waals surface area contributed by atoms with Crippen LogP contribution < -0.4 is 16.6 Å². The molecule has 1 amide bonds. The maximum atomic E-state index is 13.0. The van der Waals surface area contributed by atoms with Gasteiger partial charge in [-0.1, -0.05) is 26.0 Å². The normalized spacial score (nSPS) is 11.1. The van der Waals surface area contributed by atoms with Gasteiger partial charge in [-0.15, -0.1) is 0 Å². The highest BCUT2D eigenvalue weighted by Gasteiger charge is 2.16. The number of rotatable bonds is 7. The Hall–Kier alpha value is -3.94. The maximum Gasteiger partial charge on any atom is 0.331 e. The fourth-order valence-electron chi connectivity index (χ4n) is 3.84. The summed E-state index contributed by atoms with van der Waals surface area (Å²) in [5.41, 5.74) is 2.75. The number of benzene rings is 2. The highest BCUT2D eigenvalue weighted by atomic mass is 19.1. The van der Waals surface area contributed by atoms with E-state index >= 15 is 0 Å². The average molecular weight is 448 g/mol. The average Bonchev–Trinajstić information content (AvgIpc) is 3.27. The van der Waals surface area contributed by atoms with Crippen LogP contribution in [0, 0.1) is 5.82 Å². The van der Waals surface area contributed by atoms with Crippen molar-refractivity contribution in [1.82, 2.24) is 14.1 Å². The molecule has 0 aliphatic carbocycles. The Morgan fingerprint density at radius 1 is 0.939 bits per heavy atom. The molecule has 0 unspecified atom stereocenters. The van der Waals surface area contributed by atoms with E-state index in [1.54, 1.807) is 34.9 Å². The number of nitrogens with zero attached hydrogens (tertiary/aromatic N) is 2. The fourth-order valence-corrected chi connectivity index (χ4v) is 3.84. The molecule has 0 atom stereocenters. The first-order chi connectivity index (χ1) is 15.9. The Kier molecular flexibility index (Phi) is 6.26. The lowest BCUT2D eigenvalue weighted by atomic mass is 10.1. The summed E-state index contributed by atoms with van der Waals surface area (Å²) in [5.74, 6) is -0.689.